The van der Waals surface area contributed by atoms with E-state index in [9.17, 15) is 9.59 Å². The number of carbonyl (C=O) groups excluding carboxylic acids is 2. The fourth-order valence-corrected chi connectivity index (χ4v) is 2.48. The van der Waals surface area contributed by atoms with Gasteiger partial charge in [-0.15, -0.1) is 0 Å². The summed E-state index contributed by atoms with van der Waals surface area (Å²) in [5.41, 5.74) is 3.29. The molecule has 0 fully saturated rings. The first-order chi connectivity index (χ1) is 14.1. The molecule has 0 saturated carbocycles. The van der Waals surface area contributed by atoms with Crippen molar-refractivity contribution in [3.8, 4) is 6.07 Å². The number of nitrogens with one attached hydrogen (secondary N) is 3. The predicted molar refractivity (Wildman–Crippen MR) is 114 cm³/mol. The molecule has 3 aromatic rings. The maximum absolute atomic E-state index is 12.0. The van der Waals surface area contributed by atoms with E-state index in [1.807, 2.05) is 24.3 Å². The molecule has 0 atom stereocenters. The lowest BCUT2D eigenvalue weighted by Gasteiger charge is -2.08. The van der Waals surface area contributed by atoms with Crippen molar-refractivity contribution < 1.29 is 9.59 Å². The maximum atomic E-state index is 12.0. The number of hydrogen-bond acceptors (Lipinski definition) is 3. The summed E-state index contributed by atoms with van der Waals surface area (Å²) in [5, 5.41) is 17.0. The summed E-state index contributed by atoms with van der Waals surface area (Å²) >= 11 is 0. The van der Waals surface area contributed by atoms with Crippen LogP contribution in [-0.4, -0.2) is 11.9 Å². The fraction of sp³-hybridized carbons (Fsp3) is 0. The van der Waals surface area contributed by atoms with Gasteiger partial charge in [-0.25, -0.2) is 4.79 Å². The molecule has 3 aromatic carbocycles. The molecule has 3 rings (SSSR count). The zero-order chi connectivity index (χ0) is 20.5. The minimum Gasteiger partial charge on any atom is -0.323 e. The summed E-state index contributed by atoms with van der Waals surface area (Å²) in [6, 6.07) is 24.5. The molecule has 0 aliphatic rings. The highest BCUT2D eigenvalue weighted by Gasteiger charge is 2.03. The van der Waals surface area contributed by atoms with Gasteiger partial charge in [0.05, 0.1) is 11.6 Å². The molecular formula is C23H18N4O2. The molecule has 0 aromatic heterocycles. The second-order valence-electron chi connectivity index (χ2n) is 6.08. The summed E-state index contributed by atoms with van der Waals surface area (Å²) in [6.45, 7) is 0. The molecule has 0 bridgehead atoms. The Balaban J connectivity index is 1.51. The minimum atomic E-state index is -0.349. The molecule has 3 N–H and O–H groups in total. The van der Waals surface area contributed by atoms with E-state index in [4.69, 9.17) is 5.26 Å². The molecule has 29 heavy (non-hydrogen) atoms. The van der Waals surface area contributed by atoms with E-state index in [-0.39, 0.29) is 11.9 Å². The van der Waals surface area contributed by atoms with E-state index in [1.165, 1.54) is 6.08 Å². The van der Waals surface area contributed by atoms with Gasteiger partial charge in [-0.1, -0.05) is 30.3 Å². The van der Waals surface area contributed by atoms with E-state index in [1.54, 1.807) is 66.7 Å². The first kappa shape index (κ1) is 19.4. The van der Waals surface area contributed by atoms with Crippen molar-refractivity contribution in [2.45, 2.75) is 0 Å². The van der Waals surface area contributed by atoms with E-state index in [0.29, 0.717) is 22.6 Å². The van der Waals surface area contributed by atoms with Crippen molar-refractivity contribution in [2.24, 2.45) is 0 Å². The predicted octanol–water partition coefficient (Wildman–Crippen LogP) is 4.85. The summed E-state index contributed by atoms with van der Waals surface area (Å²) in [7, 11) is 0. The number of nitrogens with zero attached hydrogens (tertiary/aromatic N) is 1. The topological polar surface area (TPSA) is 94.0 Å². The van der Waals surface area contributed by atoms with Crippen LogP contribution in [0.15, 0.2) is 84.9 Å². The monoisotopic (exact) mass is 382 g/mol. The van der Waals surface area contributed by atoms with E-state index in [0.717, 1.165) is 5.56 Å². The van der Waals surface area contributed by atoms with Crippen LogP contribution in [0.25, 0.3) is 6.08 Å². The van der Waals surface area contributed by atoms with Crippen molar-refractivity contribution in [1.82, 2.24) is 0 Å². The van der Waals surface area contributed by atoms with Crippen molar-refractivity contribution in [3.05, 3.63) is 96.1 Å². The number of amides is 3. The lowest BCUT2D eigenvalue weighted by atomic mass is 10.1. The normalized spacial score (nSPS) is 10.2. The third-order valence-corrected chi connectivity index (χ3v) is 3.91. The first-order valence-electron chi connectivity index (χ1n) is 8.85. The Hall–Kier alpha value is -4.37. The van der Waals surface area contributed by atoms with Gasteiger partial charge in [-0.2, -0.15) is 5.26 Å². The zero-order valence-electron chi connectivity index (χ0n) is 15.4. The number of urea groups is 1. The number of benzene rings is 3. The van der Waals surface area contributed by atoms with Crippen LogP contribution in [0.5, 0.6) is 0 Å². The summed E-state index contributed by atoms with van der Waals surface area (Å²) in [4.78, 5) is 24.0. The van der Waals surface area contributed by atoms with Gasteiger partial charge in [0.15, 0.2) is 0 Å². The first-order valence-corrected chi connectivity index (χ1v) is 8.85. The van der Waals surface area contributed by atoms with Crippen LogP contribution in [0.4, 0.5) is 21.9 Å². The highest BCUT2D eigenvalue weighted by Crippen LogP contribution is 2.15. The van der Waals surface area contributed by atoms with Crippen LogP contribution in [0.1, 0.15) is 11.1 Å². The van der Waals surface area contributed by atoms with Gasteiger partial charge < -0.3 is 16.0 Å². The average Bonchev–Trinajstić information content (AvgIpc) is 2.75. The molecule has 6 nitrogen and oxygen atoms in total. The summed E-state index contributed by atoms with van der Waals surface area (Å²) in [5.74, 6) is -0.281. The van der Waals surface area contributed by atoms with Gasteiger partial charge in [0.1, 0.15) is 0 Å². The van der Waals surface area contributed by atoms with Gasteiger partial charge in [-0.05, 0) is 60.2 Å². The molecular weight excluding hydrogens is 364 g/mol. The van der Waals surface area contributed by atoms with Crippen molar-refractivity contribution in [3.63, 3.8) is 0 Å². The molecule has 0 saturated heterocycles. The third kappa shape index (κ3) is 6.08. The second kappa shape index (κ2) is 9.53. The molecule has 0 aliphatic heterocycles. The maximum Gasteiger partial charge on any atom is 0.323 e. The van der Waals surface area contributed by atoms with Crippen LogP contribution in [-0.2, 0) is 4.79 Å². The van der Waals surface area contributed by atoms with E-state index in [2.05, 4.69) is 16.0 Å². The Labute approximate surface area is 168 Å². The Kier molecular flexibility index (Phi) is 6.37. The van der Waals surface area contributed by atoms with Gasteiger partial charge in [0.25, 0.3) is 0 Å². The average molecular weight is 382 g/mol. The molecule has 142 valence electrons. The summed E-state index contributed by atoms with van der Waals surface area (Å²) < 4.78 is 0. The Bertz CT molecular complexity index is 1050. The van der Waals surface area contributed by atoms with Crippen molar-refractivity contribution >= 4 is 35.1 Å². The molecule has 0 radical (unpaired) electrons. The lowest BCUT2D eigenvalue weighted by Crippen LogP contribution is -2.19. The minimum absolute atomic E-state index is 0.281. The molecule has 0 heterocycles. The summed E-state index contributed by atoms with van der Waals surface area (Å²) in [6.07, 6.45) is 3.08. The standard InChI is InChI=1S/C23H18N4O2/c24-16-18-8-6-17(7-9-18)10-15-22(28)25-20-11-13-21(14-12-20)27-23(29)26-19-4-2-1-3-5-19/h1-15H,(H,25,28)(H2,26,27,29)/b15-10+. The zero-order valence-corrected chi connectivity index (χ0v) is 15.4. The Morgan fingerprint density at radius 1 is 0.724 bits per heavy atom. The Morgan fingerprint density at radius 3 is 1.86 bits per heavy atom. The third-order valence-electron chi connectivity index (χ3n) is 3.91. The number of rotatable bonds is 5. The fourth-order valence-electron chi connectivity index (χ4n) is 2.48. The number of anilines is 3. The molecule has 6 heteroatoms. The highest BCUT2D eigenvalue weighted by molar-refractivity contribution is 6.02. The van der Waals surface area contributed by atoms with Crippen LogP contribution < -0.4 is 16.0 Å². The van der Waals surface area contributed by atoms with Crippen molar-refractivity contribution in [2.75, 3.05) is 16.0 Å². The van der Waals surface area contributed by atoms with Gasteiger partial charge in [0, 0.05) is 23.1 Å². The van der Waals surface area contributed by atoms with Crippen LogP contribution in [0.3, 0.4) is 0 Å². The number of carbonyl (C=O) groups is 2. The van der Waals surface area contributed by atoms with Crippen LogP contribution in [0.2, 0.25) is 0 Å². The molecule has 0 unspecified atom stereocenters. The number of nitriles is 1. The number of hydrogen-bond donors (Lipinski definition) is 3. The van der Waals surface area contributed by atoms with Crippen LogP contribution in [0, 0.1) is 11.3 Å². The smallest absolute Gasteiger partial charge is 0.323 e. The van der Waals surface area contributed by atoms with Gasteiger partial charge in [-0.3, -0.25) is 4.79 Å². The van der Waals surface area contributed by atoms with Gasteiger partial charge >= 0.3 is 6.03 Å². The van der Waals surface area contributed by atoms with Crippen molar-refractivity contribution in [1.29, 1.82) is 5.26 Å². The highest BCUT2D eigenvalue weighted by atomic mass is 16.2. The quantitative estimate of drug-likeness (QED) is 0.550. The molecule has 0 spiro atoms. The molecule has 3 amide bonds. The van der Waals surface area contributed by atoms with E-state index >= 15 is 0 Å². The van der Waals surface area contributed by atoms with Crippen LogP contribution >= 0.6 is 0 Å². The Morgan fingerprint density at radius 2 is 1.28 bits per heavy atom. The molecule has 0 aliphatic carbocycles. The SMILES string of the molecule is N#Cc1ccc(/C=C/C(=O)Nc2ccc(NC(=O)Nc3ccccc3)cc2)cc1. The lowest BCUT2D eigenvalue weighted by molar-refractivity contribution is -0.111. The van der Waals surface area contributed by atoms with Gasteiger partial charge in [0.2, 0.25) is 5.91 Å². The number of para-hydroxylation sites is 1. The van der Waals surface area contributed by atoms with E-state index < -0.39 is 0 Å². The second-order valence-corrected chi connectivity index (χ2v) is 6.08. The largest absolute Gasteiger partial charge is 0.323 e.